The van der Waals surface area contributed by atoms with E-state index in [-0.39, 0.29) is 12.5 Å². The highest BCUT2D eigenvalue weighted by atomic mass is 127. The van der Waals surface area contributed by atoms with Crippen molar-refractivity contribution >= 4 is 50.1 Å². The van der Waals surface area contributed by atoms with Crippen molar-refractivity contribution < 1.29 is 18.0 Å². The normalized spacial score (nSPS) is 12.2. The second-order valence-corrected chi connectivity index (χ2v) is 10.9. The quantitative estimate of drug-likeness (QED) is 0.444. The number of hydrogen-bond acceptors (Lipinski definition) is 4. The van der Waals surface area contributed by atoms with Gasteiger partial charge in [-0.2, -0.15) is 0 Å². The van der Waals surface area contributed by atoms with Crippen LogP contribution < -0.4 is 9.62 Å². The fraction of sp³-hybridized carbons (Fsp3) is 0.391. The van der Waals surface area contributed by atoms with E-state index >= 15 is 0 Å². The van der Waals surface area contributed by atoms with Gasteiger partial charge in [-0.05, 0) is 72.7 Å². The topological polar surface area (TPSA) is 86.8 Å². The van der Waals surface area contributed by atoms with Crippen molar-refractivity contribution in [2.24, 2.45) is 0 Å². The van der Waals surface area contributed by atoms with Crippen LogP contribution in [0, 0.1) is 10.5 Å². The minimum atomic E-state index is -3.72. The molecule has 0 spiro atoms. The van der Waals surface area contributed by atoms with Gasteiger partial charge in [0.05, 0.1) is 11.9 Å². The van der Waals surface area contributed by atoms with E-state index in [2.05, 4.69) is 27.9 Å². The molecule has 32 heavy (non-hydrogen) atoms. The fourth-order valence-electron chi connectivity index (χ4n) is 3.21. The predicted octanol–water partition coefficient (Wildman–Crippen LogP) is 3.31. The summed E-state index contributed by atoms with van der Waals surface area (Å²) in [6.07, 6.45) is 1.85. The lowest BCUT2D eigenvalue weighted by Crippen LogP contribution is -2.51. The van der Waals surface area contributed by atoms with Gasteiger partial charge in [-0.15, -0.1) is 0 Å². The number of anilines is 1. The lowest BCUT2D eigenvalue weighted by Gasteiger charge is -2.31. The van der Waals surface area contributed by atoms with Crippen molar-refractivity contribution in [3.8, 4) is 0 Å². The van der Waals surface area contributed by atoms with E-state index in [9.17, 15) is 18.0 Å². The SMILES string of the molecule is CCCNC(=O)[C@@H](C)N(Cc1cccc(C)c1)C(=O)CN(c1ccc(I)cc1)S(C)(=O)=O. The Bertz CT molecular complexity index is 1040. The number of sulfonamides is 1. The number of nitrogens with one attached hydrogen (secondary N) is 1. The molecule has 1 N–H and O–H groups in total. The zero-order valence-corrected chi connectivity index (χ0v) is 21.8. The van der Waals surface area contributed by atoms with Crippen molar-refractivity contribution in [1.82, 2.24) is 10.2 Å². The summed E-state index contributed by atoms with van der Waals surface area (Å²) in [5, 5.41) is 2.82. The Morgan fingerprint density at radius 3 is 2.34 bits per heavy atom. The summed E-state index contributed by atoms with van der Waals surface area (Å²) in [6, 6.07) is 13.8. The van der Waals surface area contributed by atoms with Crippen LogP contribution in [-0.4, -0.2) is 50.5 Å². The third-order valence-electron chi connectivity index (χ3n) is 4.95. The van der Waals surface area contributed by atoms with Crippen LogP contribution in [0.5, 0.6) is 0 Å². The molecule has 0 fully saturated rings. The van der Waals surface area contributed by atoms with Gasteiger partial charge >= 0.3 is 0 Å². The summed E-state index contributed by atoms with van der Waals surface area (Å²) in [5.74, 6) is -0.720. The third kappa shape index (κ3) is 7.47. The Hall–Kier alpha value is -2.14. The van der Waals surface area contributed by atoms with E-state index < -0.39 is 28.5 Å². The van der Waals surface area contributed by atoms with Gasteiger partial charge in [0.15, 0.2) is 0 Å². The molecule has 174 valence electrons. The van der Waals surface area contributed by atoms with Crippen molar-refractivity contribution in [3.05, 3.63) is 63.2 Å². The zero-order chi connectivity index (χ0) is 23.9. The largest absolute Gasteiger partial charge is 0.354 e. The number of hydrogen-bond donors (Lipinski definition) is 1. The van der Waals surface area contributed by atoms with Gasteiger partial charge in [0, 0.05) is 16.7 Å². The number of carbonyl (C=O) groups is 2. The van der Waals surface area contributed by atoms with E-state index in [1.165, 1.54) is 4.90 Å². The maximum atomic E-state index is 13.4. The molecule has 1 atom stereocenters. The molecule has 0 radical (unpaired) electrons. The van der Waals surface area contributed by atoms with Gasteiger partial charge in [-0.1, -0.05) is 36.8 Å². The minimum Gasteiger partial charge on any atom is -0.354 e. The molecule has 0 aromatic heterocycles. The maximum absolute atomic E-state index is 13.4. The first-order chi connectivity index (χ1) is 15.0. The highest BCUT2D eigenvalue weighted by Gasteiger charge is 2.29. The Balaban J connectivity index is 2.35. The third-order valence-corrected chi connectivity index (χ3v) is 6.81. The molecule has 0 bridgehead atoms. The molecule has 7 nitrogen and oxygen atoms in total. The molecule has 0 unspecified atom stereocenters. The maximum Gasteiger partial charge on any atom is 0.244 e. The lowest BCUT2D eigenvalue weighted by molar-refractivity contribution is -0.139. The molecule has 0 aliphatic heterocycles. The van der Waals surface area contributed by atoms with E-state index in [4.69, 9.17) is 0 Å². The summed E-state index contributed by atoms with van der Waals surface area (Å²) in [5.41, 5.74) is 2.31. The average molecular weight is 571 g/mol. The number of nitrogens with zero attached hydrogens (tertiary/aromatic N) is 2. The lowest BCUT2D eigenvalue weighted by atomic mass is 10.1. The zero-order valence-electron chi connectivity index (χ0n) is 18.8. The van der Waals surface area contributed by atoms with Gasteiger partial charge in [0.1, 0.15) is 12.6 Å². The molecular formula is C23H30IN3O4S. The molecule has 9 heteroatoms. The first-order valence-electron chi connectivity index (χ1n) is 10.4. The number of benzene rings is 2. The molecule has 0 heterocycles. The van der Waals surface area contributed by atoms with Crippen LogP contribution in [-0.2, 0) is 26.2 Å². The standard InChI is InChI=1S/C23H30IN3O4S/c1-5-13-25-23(29)18(3)26(15-19-8-6-7-17(2)14-19)22(28)16-27(32(4,30)31)21-11-9-20(24)10-12-21/h6-12,14,18H,5,13,15-16H2,1-4H3,(H,25,29)/t18-/m1/s1. The Morgan fingerprint density at radius 1 is 1.12 bits per heavy atom. The van der Waals surface area contributed by atoms with Gasteiger partial charge in [0.2, 0.25) is 21.8 Å². The van der Waals surface area contributed by atoms with Crippen molar-refractivity contribution in [2.75, 3.05) is 23.7 Å². The number of amides is 2. The molecule has 2 amide bonds. The van der Waals surface area contributed by atoms with Crippen molar-refractivity contribution in [1.29, 1.82) is 0 Å². The second kappa shape index (κ2) is 11.6. The first-order valence-corrected chi connectivity index (χ1v) is 13.3. The van der Waals surface area contributed by atoms with Gasteiger partial charge in [-0.3, -0.25) is 13.9 Å². The number of aryl methyl sites for hydroxylation is 1. The molecule has 0 saturated carbocycles. The molecule has 2 aromatic carbocycles. The fourth-order valence-corrected chi connectivity index (χ4v) is 4.42. The molecule has 0 aliphatic rings. The van der Waals surface area contributed by atoms with E-state index in [1.807, 2.05) is 38.1 Å². The van der Waals surface area contributed by atoms with E-state index in [0.717, 1.165) is 31.7 Å². The van der Waals surface area contributed by atoms with Crippen molar-refractivity contribution in [3.63, 3.8) is 0 Å². The van der Waals surface area contributed by atoms with Crippen LogP contribution in [0.3, 0.4) is 0 Å². The predicted molar refractivity (Wildman–Crippen MR) is 136 cm³/mol. The summed E-state index contributed by atoms with van der Waals surface area (Å²) < 4.78 is 27.0. The molecule has 0 aliphatic carbocycles. The Morgan fingerprint density at radius 2 is 1.78 bits per heavy atom. The summed E-state index contributed by atoms with van der Waals surface area (Å²) in [6.45, 7) is 5.88. The summed E-state index contributed by atoms with van der Waals surface area (Å²) in [7, 11) is -3.72. The highest BCUT2D eigenvalue weighted by molar-refractivity contribution is 14.1. The van der Waals surface area contributed by atoms with Crippen LogP contribution in [0.25, 0.3) is 0 Å². The van der Waals surface area contributed by atoms with Crippen LogP contribution in [0.2, 0.25) is 0 Å². The second-order valence-electron chi connectivity index (χ2n) is 7.72. The van der Waals surface area contributed by atoms with E-state index in [0.29, 0.717) is 12.2 Å². The summed E-state index contributed by atoms with van der Waals surface area (Å²) in [4.78, 5) is 27.5. The van der Waals surface area contributed by atoms with E-state index in [1.54, 1.807) is 31.2 Å². The number of halogens is 1. The monoisotopic (exact) mass is 571 g/mol. The number of rotatable bonds is 10. The molecule has 2 rings (SSSR count). The van der Waals surface area contributed by atoms with Crippen LogP contribution in [0.4, 0.5) is 5.69 Å². The van der Waals surface area contributed by atoms with Gasteiger partial charge in [-0.25, -0.2) is 8.42 Å². The Kier molecular flexibility index (Phi) is 9.50. The molecule has 2 aromatic rings. The van der Waals surface area contributed by atoms with Gasteiger partial charge in [0.25, 0.3) is 0 Å². The van der Waals surface area contributed by atoms with Crippen LogP contribution >= 0.6 is 22.6 Å². The van der Waals surface area contributed by atoms with Gasteiger partial charge < -0.3 is 10.2 Å². The van der Waals surface area contributed by atoms with Crippen molar-refractivity contribution in [2.45, 2.75) is 39.8 Å². The molecule has 0 saturated heterocycles. The highest BCUT2D eigenvalue weighted by Crippen LogP contribution is 2.20. The first kappa shape index (κ1) is 26.1. The minimum absolute atomic E-state index is 0.200. The summed E-state index contributed by atoms with van der Waals surface area (Å²) >= 11 is 2.13. The molecular weight excluding hydrogens is 541 g/mol. The smallest absolute Gasteiger partial charge is 0.244 e. The average Bonchev–Trinajstić information content (AvgIpc) is 2.73. The Labute approximate surface area is 204 Å². The van der Waals surface area contributed by atoms with Crippen LogP contribution in [0.15, 0.2) is 48.5 Å². The van der Waals surface area contributed by atoms with Crippen LogP contribution in [0.1, 0.15) is 31.4 Å². The number of carbonyl (C=O) groups excluding carboxylic acids is 2.